The normalized spacial score (nSPS) is 18.6. The maximum Gasteiger partial charge on any atom is 0.407 e. The number of amides is 1. The topological polar surface area (TPSA) is 50.4 Å². The zero-order chi connectivity index (χ0) is 16.9. The van der Waals surface area contributed by atoms with Gasteiger partial charge in [-0.25, -0.2) is 4.79 Å². The third kappa shape index (κ3) is 6.15. The molecule has 1 aromatic heterocycles. The van der Waals surface area contributed by atoms with Crippen LogP contribution in [0.25, 0.3) is 0 Å². The Morgan fingerprint density at radius 1 is 1.39 bits per heavy atom. The van der Waals surface area contributed by atoms with Crippen molar-refractivity contribution in [3.05, 3.63) is 22.4 Å². The van der Waals surface area contributed by atoms with Gasteiger partial charge in [-0.05, 0) is 57.9 Å². The molecule has 0 radical (unpaired) electrons. The Labute approximate surface area is 144 Å². The van der Waals surface area contributed by atoms with Crippen LogP contribution in [0.5, 0.6) is 0 Å². The number of carbonyl (C=O) groups excluding carboxylic acids is 1. The van der Waals surface area contributed by atoms with Crippen molar-refractivity contribution in [3.63, 3.8) is 0 Å². The van der Waals surface area contributed by atoms with Crippen molar-refractivity contribution < 1.29 is 9.53 Å². The van der Waals surface area contributed by atoms with Crippen LogP contribution in [0, 0.1) is 5.92 Å². The second kappa shape index (κ2) is 8.15. The highest BCUT2D eigenvalue weighted by molar-refractivity contribution is 7.10. The molecule has 2 atom stereocenters. The number of ether oxygens (including phenoxy) is 1. The van der Waals surface area contributed by atoms with E-state index in [9.17, 15) is 4.79 Å². The van der Waals surface area contributed by atoms with E-state index in [1.54, 1.807) is 0 Å². The second-order valence-electron chi connectivity index (χ2n) is 7.49. The van der Waals surface area contributed by atoms with Crippen LogP contribution >= 0.6 is 11.3 Å². The largest absolute Gasteiger partial charge is 0.444 e. The lowest BCUT2D eigenvalue weighted by molar-refractivity contribution is 0.0522. The molecule has 0 aliphatic heterocycles. The molecule has 0 bridgehead atoms. The Kier molecular flexibility index (Phi) is 6.48. The predicted octanol–water partition coefficient (Wildman–Crippen LogP) is 4.48. The highest BCUT2D eigenvalue weighted by atomic mass is 32.1. The molecule has 0 aromatic carbocycles. The van der Waals surface area contributed by atoms with Gasteiger partial charge in [-0.15, -0.1) is 11.3 Å². The summed E-state index contributed by atoms with van der Waals surface area (Å²) in [5.74, 6) is 0.706. The van der Waals surface area contributed by atoms with Gasteiger partial charge in [0.05, 0.1) is 0 Å². The van der Waals surface area contributed by atoms with Crippen molar-refractivity contribution in [2.75, 3.05) is 6.54 Å². The molecule has 1 aliphatic carbocycles. The predicted molar refractivity (Wildman–Crippen MR) is 95.9 cm³/mol. The Morgan fingerprint density at radius 3 is 2.65 bits per heavy atom. The lowest BCUT2D eigenvalue weighted by Crippen LogP contribution is -2.43. The van der Waals surface area contributed by atoms with Gasteiger partial charge >= 0.3 is 6.09 Å². The fourth-order valence-corrected chi connectivity index (χ4v) is 4.00. The van der Waals surface area contributed by atoms with Crippen molar-refractivity contribution in [1.82, 2.24) is 10.6 Å². The molecule has 23 heavy (non-hydrogen) atoms. The molecule has 1 saturated carbocycles. The molecule has 1 amide bonds. The van der Waals surface area contributed by atoms with Gasteiger partial charge in [-0.2, -0.15) is 0 Å². The van der Waals surface area contributed by atoms with Crippen LogP contribution in [0.15, 0.2) is 17.5 Å². The number of nitrogens with one attached hydrogen (secondary N) is 2. The van der Waals surface area contributed by atoms with Crippen molar-refractivity contribution in [2.24, 2.45) is 5.92 Å². The van der Waals surface area contributed by atoms with E-state index in [-0.39, 0.29) is 12.1 Å². The summed E-state index contributed by atoms with van der Waals surface area (Å²) in [6, 6.07) is 4.94. The molecule has 0 spiro atoms. The third-order valence-electron chi connectivity index (χ3n) is 4.14. The standard InChI is InChI=1S/C18H30N2O2S/c1-13(12-19-17(21)22-18(2,3)4)20-16(14-8-5-6-9-14)15-10-7-11-23-15/h7,10-11,13-14,16,20H,5-6,8-9,12H2,1-4H3,(H,19,21). The summed E-state index contributed by atoms with van der Waals surface area (Å²) < 4.78 is 5.29. The van der Waals surface area contributed by atoms with Gasteiger partial charge in [-0.1, -0.05) is 18.9 Å². The van der Waals surface area contributed by atoms with Crippen molar-refractivity contribution in [1.29, 1.82) is 0 Å². The van der Waals surface area contributed by atoms with Gasteiger partial charge in [0.2, 0.25) is 0 Å². The first-order valence-electron chi connectivity index (χ1n) is 8.61. The molecule has 1 aliphatic rings. The third-order valence-corrected chi connectivity index (χ3v) is 5.09. The van der Waals surface area contributed by atoms with Crippen molar-refractivity contribution >= 4 is 17.4 Å². The first-order chi connectivity index (χ1) is 10.8. The Balaban J connectivity index is 1.85. The van der Waals surface area contributed by atoms with Crippen molar-refractivity contribution in [2.45, 2.75) is 71.1 Å². The van der Waals surface area contributed by atoms with E-state index < -0.39 is 5.60 Å². The number of carbonyl (C=O) groups is 1. The van der Waals surface area contributed by atoms with E-state index in [0.717, 1.165) is 0 Å². The van der Waals surface area contributed by atoms with Gasteiger partial charge in [0.15, 0.2) is 0 Å². The summed E-state index contributed by atoms with van der Waals surface area (Å²) in [5, 5.41) is 8.72. The van der Waals surface area contributed by atoms with Crippen molar-refractivity contribution in [3.8, 4) is 0 Å². The SMILES string of the molecule is CC(CNC(=O)OC(C)(C)C)NC(c1cccs1)C1CCCC1. The number of hydrogen-bond acceptors (Lipinski definition) is 4. The first kappa shape index (κ1) is 18.3. The molecule has 2 rings (SSSR count). The van der Waals surface area contributed by atoms with Crippen LogP contribution in [-0.2, 0) is 4.74 Å². The van der Waals surface area contributed by atoms with Gasteiger partial charge in [0.25, 0.3) is 0 Å². The summed E-state index contributed by atoms with van der Waals surface area (Å²) in [4.78, 5) is 13.2. The highest BCUT2D eigenvalue weighted by Gasteiger charge is 2.28. The zero-order valence-corrected chi connectivity index (χ0v) is 15.5. The minimum Gasteiger partial charge on any atom is -0.444 e. The second-order valence-corrected chi connectivity index (χ2v) is 8.47. The summed E-state index contributed by atoms with van der Waals surface area (Å²) in [5.41, 5.74) is -0.454. The Morgan fingerprint density at radius 2 is 2.09 bits per heavy atom. The summed E-state index contributed by atoms with van der Waals surface area (Å²) >= 11 is 1.82. The molecule has 5 heteroatoms. The molecule has 2 unspecified atom stereocenters. The molecule has 1 aromatic rings. The van der Waals surface area contributed by atoms with E-state index >= 15 is 0 Å². The van der Waals surface area contributed by atoms with Crippen LogP contribution in [0.2, 0.25) is 0 Å². The van der Waals surface area contributed by atoms with E-state index in [1.807, 2.05) is 32.1 Å². The minimum atomic E-state index is -0.454. The van der Waals surface area contributed by atoms with Crippen LogP contribution in [0.3, 0.4) is 0 Å². The quantitative estimate of drug-likeness (QED) is 0.804. The van der Waals surface area contributed by atoms with E-state index in [4.69, 9.17) is 4.74 Å². The Hall–Kier alpha value is -1.07. The van der Waals surface area contributed by atoms with E-state index in [0.29, 0.717) is 18.5 Å². The number of rotatable bonds is 6. The fraction of sp³-hybridized carbons (Fsp3) is 0.722. The van der Waals surface area contributed by atoms with Gasteiger partial charge < -0.3 is 15.4 Å². The number of hydrogen-bond donors (Lipinski definition) is 2. The smallest absolute Gasteiger partial charge is 0.407 e. The summed E-state index contributed by atoms with van der Waals surface area (Å²) in [6.45, 7) is 8.32. The maximum absolute atomic E-state index is 11.8. The average molecular weight is 339 g/mol. The molecular formula is C18H30N2O2S. The van der Waals surface area contributed by atoms with Crippen LogP contribution in [0.1, 0.15) is 64.3 Å². The molecule has 0 saturated heterocycles. The Bertz CT molecular complexity index is 476. The van der Waals surface area contributed by atoms with Crippen LogP contribution in [-0.4, -0.2) is 24.3 Å². The molecule has 130 valence electrons. The molecule has 4 nitrogen and oxygen atoms in total. The molecule has 1 heterocycles. The molecular weight excluding hydrogens is 308 g/mol. The van der Waals surface area contributed by atoms with Crippen LogP contribution < -0.4 is 10.6 Å². The fourth-order valence-electron chi connectivity index (χ4n) is 3.13. The minimum absolute atomic E-state index is 0.204. The van der Waals surface area contributed by atoms with E-state index in [1.165, 1.54) is 30.6 Å². The van der Waals surface area contributed by atoms with Gasteiger partial charge in [-0.3, -0.25) is 0 Å². The first-order valence-corrected chi connectivity index (χ1v) is 9.49. The number of alkyl carbamates (subject to hydrolysis) is 1. The summed E-state index contributed by atoms with van der Waals surface area (Å²) in [6.07, 6.45) is 4.90. The molecule has 2 N–H and O–H groups in total. The zero-order valence-electron chi connectivity index (χ0n) is 14.7. The van der Waals surface area contributed by atoms with Gasteiger partial charge in [0, 0.05) is 23.5 Å². The monoisotopic (exact) mass is 338 g/mol. The average Bonchev–Trinajstić information content (AvgIpc) is 3.13. The summed E-state index contributed by atoms with van der Waals surface area (Å²) in [7, 11) is 0. The lowest BCUT2D eigenvalue weighted by atomic mass is 9.96. The molecule has 1 fully saturated rings. The maximum atomic E-state index is 11.8. The highest BCUT2D eigenvalue weighted by Crippen LogP contribution is 2.37. The van der Waals surface area contributed by atoms with Crippen LogP contribution in [0.4, 0.5) is 4.79 Å². The number of thiophene rings is 1. The lowest BCUT2D eigenvalue weighted by Gasteiger charge is -2.28. The van der Waals surface area contributed by atoms with E-state index in [2.05, 4.69) is 35.1 Å². The van der Waals surface area contributed by atoms with Gasteiger partial charge in [0.1, 0.15) is 5.60 Å².